The van der Waals surface area contributed by atoms with Crippen molar-refractivity contribution in [2.24, 2.45) is 0 Å². The average molecular weight is 353 g/mol. The molecule has 3 nitrogen and oxygen atoms in total. The van der Waals surface area contributed by atoms with Crippen LogP contribution in [-0.2, 0) is 14.3 Å². The van der Waals surface area contributed by atoms with Crippen molar-refractivity contribution < 1.29 is 23.1 Å². The van der Waals surface area contributed by atoms with E-state index in [1.165, 1.54) is 6.92 Å². The minimum atomic E-state index is -4.09. The molecule has 0 bridgehead atoms. The summed E-state index contributed by atoms with van der Waals surface area (Å²) in [6.45, 7) is 1.20. The molecule has 0 unspecified atom stereocenters. The molecule has 0 radical (unpaired) electrons. The predicted molar refractivity (Wildman–Crippen MR) is 71.5 cm³/mol. The summed E-state index contributed by atoms with van der Waals surface area (Å²) in [5.41, 5.74) is 0. The maximum Gasteiger partial charge on any atom is 0.400 e. The molecule has 0 atom stereocenters. The third kappa shape index (κ3) is 4.58. The molecule has 0 amide bonds. The van der Waals surface area contributed by atoms with E-state index >= 15 is 0 Å². The lowest BCUT2D eigenvalue weighted by molar-refractivity contribution is -0.175. The van der Waals surface area contributed by atoms with Crippen molar-refractivity contribution in [3.05, 3.63) is 28.7 Å². The van der Waals surface area contributed by atoms with Crippen molar-refractivity contribution in [2.75, 3.05) is 12.4 Å². The molecule has 0 heterocycles. The number of esters is 1. The van der Waals surface area contributed by atoms with Crippen molar-refractivity contribution in [2.45, 2.75) is 17.7 Å². The number of carbonyl (C=O) groups is 2. The second-order valence-electron chi connectivity index (χ2n) is 3.46. The number of Topliss-reactive ketones (excluding diaryl/α,β-unsaturated/α-hetero) is 1. The number of thioether (sulfide) groups is 1. The molecule has 0 aromatic heterocycles. The molecule has 0 aliphatic heterocycles. The SMILES string of the molecule is CCOC(=O)C(F)(F)C(=O)CSc1cccc(Br)c1. The Morgan fingerprint density at radius 2 is 2.11 bits per heavy atom. The Morgan fingerprint density at radius 1 is 1.42 bits per heavy atom. The van der Waals surface area contributed by atoms with Gasteiger partial charge in [0.15, 0.2) is 0 Å². The van der Waals surface area contributed by atoms with E-state index < -0.39 is 23.4 Å². The van der Waals surface area contributed by atoms with Crippen molar-refractivity contribution in [3.8, 4) is 0 Å². The van der Waals surface area contributed by atoms with Crippen LogP contribution in [0.5, 0.6) is 0 Å². The number of hydrogen-bond acceptors (Lipinski definition) is 4. The maximum absolute atomic E-state index is 13.3. The Balaban J connectivity index is 2.62. The summed E-state index contributed by atoms with van der Waals surface area (Å²) in [5, 5.41) is 0. The molecule has 0 aliphatic carbocycles. The summed E-state index contributed by atoms with van der Waals surface area (Å²) in [7, 11) is 0. The predicted octanol–water partition coefficient (Wildman–Crippen LogP) is 3.31. The Morgan fingerprint density at radius 3 is 2.68 bits per heavy atom. The number of rotatable bonds is 6. The molecular formula is C12H11BrF2O3S. The molecule has 0 fully saturated rings. The van der Waals surface area contributed by atoms with Gasteiger partial charge in [-0.1, -0.05) is 22.0 Å². The topological polar surface area (TPSA) is 43.4 Å². The molecule has 19 heavy (non-hydrogen) atoms. The maximum atomic E-state index is 13.3. The molecule has 0 N–H and O–H groups in total. The second kappa shape index (κ2) is 7.00. The van der Waals surface area contributed by atoms with Crippen LogP contribution in [0.1, 0.15) is 6.92 Å². The molecule has 104 valence electrons. The van der Waals surface area contributed by atoms with Gasteiger partial charge in [-0.05, 0) is 25.1 Å². The van der Waals surface area contributed by atoms with E-state index in [-0.39, 0.29) is 6.61 Å². The van der Waals surface area contributed by atoms with E-state index in [1.807, 2.05) is 0 Å². The molecule has 1 rings (SSSR count). The minimum absolute atomic E-state index is 0.194. The monoisotopic (exact) mass is 352 g/mol. The van der Waals surface area contributed by atoms with Crippen molar-refractivity contribution in [3.63, 3.8) is 0 Å². The number of carbonyl (C=O) groups excluding carboxylic acids is 2. The van der Waals surface area contributed by atoms with Gasteiger partial charge < -0.3 is 4.74 Å². The first-order valence-corrected chi connectivity index (χ1v) is 7.12. The van der Waals surface area contributed by atoms with Gasteiger partial charge in [0.2, 0.25) is 5.78 Å². The van der Waals surface area contributed by atoms with Crippen LogP contribution in [0.15, 0.2) is 33.6 Å². The van der Waals surface area contributed by atoms with E-state index in [9.17, 15) is 18.4 Å². The lowest BCUT2D eigenvalue weighted by atomic mass is 10.2. The van der Waals surface area contributed by atoms with Gasteiger partial charge in [0, 0.05) is 9.37 Å². The number of alkyl halides is 2. The highest BCUT2D eigenvalue weighted by Gasteiger charge is 2.48. The van der Waals surface area contributed by atoms with Crippen molar-refractivity contribution in [1.29, 1.82) is 0 Å². The third-order valence-electron chi connectivity index (χ3n) is 2.05. The molecule has 0 saturated carbocycles. The van der Waals surface area contributed by atoms with Gasteiger partial charge in [-0.2, -0.15) is 8.78 Å². The highest BCUT2D eigenvalue weighted by Crippen LogP contribution is 2.25. The van der Waals surface area contributed by atoms with Crippen LogP contribution in [0.4, 0.5) is 8.78 Å². The second-order valence-corrected chi connectivity index (χ2v) is 5.43. The number of ketones is 1. The number of ether oxygens (including phenoxy) is 1. The van der Waals surface area contributed by atoms with E-state index in [2.05, 4.69) is 20.7 Å². The summed E-state index contributed by atoms with van der Waals surface area (Å²) in [4.78, 5) is 23.0. The van der Waals surface area contributed by atoms with Crippen LogP contribution < -0.4 is 0 Å². The average Bonchev–Trinajstić information content (AvgIpc) is 2.36. The van der Waals surface area contributed by atoms with Crippen LogP contribution in [-0.4, -0.2) is 30.0 Å². The number of hydrogen-bond donors (Lipinski definition) is 0. The quantitative estimate of drug-likeness (QED) is 0.447. The lowest BCUT2D eigenvalue weighted by Crippen LogP contribution is -2.40. The Hall–Kier alpha value is -0.950. The zero-order valence-corrected chi connectivity index (χ0v) is 12.4. The van der Waals surface area contributed by atoms with Gasteiger partial charge in [-0.3, -0.25) is 4.79 Å². The van der Waals surface area contributed by atoms with Crippen LogP contribution in [0, 0.1) is 0 Å². The fourth-order valence-corrected chi connectivity index (χ4v) is 2.55. The van der Waals surface area contributed by atoms with Gasteiger partial charge in [0.1, 0.15) is 0 Å². The van der Waals surface area contributed by atoms with Gasteiger partial charge in [0.05, 0.1) is 12.4 Å². The Labute approximate surface area is 121 Å². The molecule has 7 heteroatoms. The molecule has 1 aromatic carbocycles. The fraction of sp³-hybridized carbons (Fsp3) is 0.333. The standard InChI is InChI=1S/C12H11BrF2O3S/c1-2-18-11(17)12(14,15)10(16)7-19-9-5-3-4-8(13)6-9/h3-6H,2,7H2,1H3. The largest absolute Gasteiger partial charge is 0.461 e. The van der Waals surface area contributed by atoms with Gasteiger partial charge in [0.25, 0.3) is 0 Å². The summed E-state index contributed by atoms with van der Waals surface area (Å²) in [6.07, 6.45) is 0. The van der Waals surface area contributed by atoms with E-state index in [1.54, 1.807) is 24.3 Å². The summed E-state index contributed by atoms with van der Waals surface area (Å²) >= 11 is 4.17. The summed E-state index contributed by atoms with van der Waals surface area (Å²) < 4.78 is 31.6. The Kier molecular flexibility index (Phi) is 5.93. The summed E-state index contributed by atoms with van der Waals surface area (Å²) in [6, 6.07) is 6.88. The van der Waals surface area contributed by atoms with Crippen molar-refractivity contribution in [1.82, 2.24) is 0 Å². The molecule has 1 aromatic rings. The van der Waals surface area contributed by atoms with Crippen molar-refractivity contribution >= 4 is 39.4 Å². The first-order valence-electron chi connectivity index (χ1n) is 5.34. The molecule has 0 saturated heterocycles. The minimum Gasteiger partial charge on any atom is -0.461 e. The smallest absolute Gasteiger partial charge is 0.400 e. The van der Waals surface area contributed by atoms with Crippen LogP contribution >= 0.6 is 27.7 Å². The molecule has 0 spiro atoms. The van der Waals surface area contributed by atoms with Crippen LogP contribution in [0.25, 0.3) is 0 Å². The lowest BCUT2D eigenvalue weighted by Gasteiger charge is -2.12. The summed E-state index contributed by atoms with van der Waals surface area (Å²) in [5.74, 6) is -7.84. The Bertz CT molecular complexity index is 480. The molecule has 0 aliphatic rings. The van der Waals surface area contributed by atoms with E-state index in [0.717, 1.165) is 16.2 Å². The van der Waals surface area contributed by atoms with Crippen LogP contribution in [0.3, 0.4) is 0 Å². The number of benzene rings is 1. The van der Waals surface area contributed by atoms with Gasteiger partial charge in [-0.15, -0.1) is 11.8 Å². The highest BCUT2D eigenvalue weighted by atomic mass is 79.9. The van der Waals surface area contributed by atoms with E-state index in [4.69, 9.17) is 0 Å². The molecular weight excluding hydrogens is 342 g/mol. The highest BCUT2D eigenvalue weighted by molar-refractivity contribution is 9.10. The fourth-order valence-electron chi connectivity index (χ4n) is 1.13. The zero-order chi connectivity index (χ0) is 14.5. The van der Waals surface area contributed by atoms with E-state index in [0.29, 0.717) is 4.90 Å². The third-order valence-corrected chi connectivity index (χ3v) is 3.54. The van der Waals surface area contributed by atoms with Gasteiger partial charge >= 0.3 is 11.9 Å². The first kappa shape index (κ1) is 16.1. The van der Waals surface area contributed by atoms with Gasteiger partial charge in [-0.25, -0.2) is 4.79 Å². The van der Waals surface area contributed by atoms with Crippen LogP contribution in [0.2, 0.25) is 0 Å². The first-order chi connectivity index (χ1) is 8.87. The normalized spacial score (nSPS) is 11.2. The zero-order valence-electron chi connectivity index (χ0n) is 9.99. The number of halogens is 3.